The van der Waals surface area contributed by atoms with Gasteiger partial charge < -0.3 is 14.2 Å². The van der Waals surface area contributed by atoms with Crippen LogP contribution in [0.1, 0.15) is 18.4 Å². The van der Waals surface area contributed by atoms with Gasteiger partial charge in [0.15, 0.2) is 0 Å². The van der Waals surface area contributed by atoms with Crippen molar-refractivity contribution in [1.29, 1.82) is 0 Å². The van der Waals surface area contributed by atoms with Gasteiger partial charge in [0.2, 0.25) is 0 Å². The zero-order valence-corrected chi connectivity index (χ0v) is 13.5. The number of hydrogen-bond donors (Lipinski definition) is 0. The summed E-state index contributed by atoms with van der Waals surface area (Å²) < 4.78 is 15.5. The number of benzene rings is 1. The second-order valence-corrected chi connectivity index (χ2v) is 6.07. The van der Waals surface area contributed by atoms with Crippen LogP contribution in [0, 0.1) is 5.92 Å². The van der Waals surface area contributed by atoms with Gasteiger partial charge in [0.05, 0.1) is 20.3 Å². The fourth-order valence-corrected chi connectivity index (χ4v) is 3.13. The molecule has 0 amide bonds. The van der Waals surface area contributed by atoms with Crippen LogP contribution in [-0.2, 0) is 15.9 Å². The van der Waals surface area contributed by atoms with Crippen molar-refractivity contribution in [2.24, 2.45) is 5.92 Å². The quantitative estimate of drug-likeness (QED) is 0.799. The fourth-order valence-electron chi connectivity index (χ4n) is 3.13. The highest BCUT2D eigenvalue weighted by atomic mass is 16.7. The summed E-state index contributed by atoms with van der Waals surface area (Å²) in [5.74, 6) is 2.26. The van der Waals surface area contributed by atoms with E-state index >= 15 is 0 Å². The average molecular weight is 317 g/mol. The van der Waals surface area contributed by atoms with Gasteiger partial charge in [-0.25, -0.2) is 4.79 Å². The van der Waals surface area contributed by atoms with Crippen molar-refractivity contribution in [2.45, 2.75) is 19.3 Å². The molecule has 2 aliphatic heterocycles. The number of ether oxygens (including phenoxy) is 3. The Labute approximate surface area is 136 Å². The molecule has 0 bridgehead atoms. The molecule has 124 valence electrons. The molecule has 5 heteroatoms. The predicted molar refractivity (Wildman–Crippen MR) is 86.4 cm³/mol. The minimum absolute atomic E-state index is 0.542. The molecular formula is C18H23NO4. The SMILES string of the molecule is COC(=O)OC1=CCCN(CCC2COc3ccccc3C2)C1. The molecule has 0 saturated carbocycles. The molecule has 0 radical (unpaired) electrons. The van der Waals surface area contributed by atoms with E-state index in [1.54, 1.807) is 0 Å². The topological polar surface area (TPSA) is 48.0 Å². The van der Waals surface area contributed by atoms with Crippen molar-refractivity contribution in [2.75, 3.05) is 33.4 Å². The highest BCUT2D eigenvalue weighted by molar-refractivity contribution is 5.61. The first-order valence-electron chi connectivity index (χ1n) is 8.12. The van der Waals surface area contributed by atoms with Crippen LogP contribution in [0.2, 0.25) is 0 Å². The number of rotatable bonds is 4. The minimum atomic E-state index is -0.643. The molecule has 0 saturated heterocycles. The van der Waals surface area contributed by atoms with Crippen LogP contribution in [0.4, 0.5) is 4.79 Å². The predicted octanol–water partition coefficient (Wildman–Crippen LogP) is 3.00. The zero-order chi connectivity index (χ0) is 16.1. The van der Waals surface area contributed by atoms with E-state index in [4.69, 9.17) is 9.47 Å². The molecule has 1 aromatic carbocycles. The van der Waals surface area contributed by atoms with Gasteiger partial charge in [-0.1, -0.05) is 18.2 Å². The minimum Gasteiger partial charge on any atom is -0.493 e. The molecule has 1 atom stereocenters. The summed E-state index contributed by atoms with van der Waals surface area (Å²) in [4.78, 5) is 13.5. The van der Waals surface area contributed by atoms with E-state index in [1.165, 1.54) is 12.7 Å². The van der Waals surface area contributed by atoms with Gasteiger partial charge >= 0.3 is 6.16 Å². The summed E-state index contributed by atoms with van der Waals surface area (Å²) in [6, 6.07) is 8.27. The number of methoxy groups -OCH3 is 1. The van der Waals surface area contributed by atoms with Gasteiger partial charge in [-0.3, -0.25) is 4.90 Å². The monoisotopic (exact) mass is 317 g/mol. The maximum absolute atomic E-state index is 11.2. The van der Waals surface area contributed by atoms with Gasteiger partial charge in [0, 0.05) is 6.54 Å². The molecule has 1 aromatic rings. The highest BCUT2D eigenvalue weighted by Gasteiger charge is 2.22. The molecule has 1 unspecified atom stereocenters. The Morgan fingerprint density at radius 3 is 3.13 bits per heavy atom. The zero-order valence-electron chi connectivity index (χ0n) is 13.5. The largest absolute Gasteiger partial charge is 0.513 e. The van der Waals surface area contributed by atoms with Crippen molar-refractivity contribution in [3.8, 4) is 5.75 Å². The Hall–Kier alpha value is -2.01. The number of fused-ring (bicyclic) bond motifs is 1. The van der Waals surface area contributed by atoms with Crippen LogP contribution >= 0.6 is 0 Å². The Balaban J connectivity index is 1.46. The maximum atomic E-state index is 11.2. The summed E-state index contributed by atoms with van der Waals surface area (Å²) in [6.07, 6.45) is 4.38. The lowest BCUT2D eigenvalue weighted by atomic mass is 9.94. The standard InChI is InChI=1S/C18H23NO4/c1-21-18(20)23-16-6-4-9-19(12-16)10-8-14-11-15-5-2-3-7-17(15)22-13-14/h2-3,5-7,14H,4,8-13H2,1H3. The first-order chi connectivity index (χ1) is 11.2. The van der Waals surface area contributed by atoms with E-state index in [0.29, 0.717) is 18.2 Å². The average Bonchev–Trinajstić information content (AvgIpc) is 2.60. The van der Waals surface area contributed by atoms with Gasteiger partial charge in [-0.05, 0) is 49.4 Å². The van der Waals surface area contributed by atoms with Crippen LogP contribution in [0.3, 0.4) is 0 Å². The number of hydrogen-bond acceptors (Lipinski definition) is 5. The Bertz CT molecular complexity index is 584. The molecule has 2 aliphatic rings. The third-order valence-corrected chi connectivity index (χ3v) is 4.39. The van der Waals surface area contributed by atoms with Crippen LogP contribution in [-0.4, -0.2) is 44.4 Å². The Kier molecular flexibility index (Phi) is 5.18. The number of carbonyl (C=O) groups is 1. The molecule has 3 rings (SSSR count). The third-order valence-electron chi connectivity index (χ3n) is 4.39. The second-order valence-electron chi connectivity index (χ2n) is 6.07. The van der Waals surface area contributed by atoms with E-state index in [9.17, 15) is 4.79 Å². The van der Waals surface area contributed by atoms with Gasteiger partial charge in [-0.2, -0.15) is 0 Å². The lowest BCUT2D eigenvalue weighted by molar-refractivity contribution is 0.0861. The van der Waals surface area contributed by atoms with E-state index in [2.05, 4.69) is 21.8 Å². The van der Waals surface area contributed by atoms with Crippen LogP contribution in [0.5, 0.6) is 5.75 Å². The highest BCUT2D eigenvalue weighted by Crippen LogP contribution is 2.28. The summed E-state index contributed by atoms with van der Waals surface area (Å²) in [6.45, 7) is 3.43. The molecule has 0 aliphatic carbocycles. The molecule has 2 heterocycles. The Morgan fingerprint density at radius 1 is 1.39 bits per heavy atom. The Morgan fingerprint density at radius 2 is 2.26 bits per heavy atom. The normalized spacial score (nSPS) is 20.9. The number of carbonyl (C=O) groups excluding carboxylic acids is 1. The lowest BCUT2D eigenvalue weighted by Crippen LogP contribution is -2.34. The number of nitrogens with zero attached hydrogens (tertiary/aromatic N) is 1. The molecule has 5 nitrogen and oxygen atoms in total. The number of para-hydroxylation sites is 1. The van der Waals surface area contributed by atoms with E-state index in [-0.39, 0.29) is 0 Å². The van der Waals surface area contributed by atoms with Crippen molar-refractivity contribution >= 4 is 6.16 Å². The van der Waals surface area contributed by atoms with Gasteiger partial charge in [0.25, 0.3) is 0 Å². The van der Waals surface area contributed by atoms with E-state index < -0.39 is 6.16 Å². The molecule has 0 aromatic heterocycles. The summed E-state index contributed by atoms with van der Waals surface area (Å²) >= 11 is 0. The summed E-state index contributed by atoms with van der Waals surface area (Å²) in [5.41, 5.74) is 1.30. The van der Waals surface area contributed by atoms with Gasteiger partial charge in [-0.15, -0.1) is 0 Å². The maximum Gasteiger partial charge on any atom is 0.513 e. The first-order valence-corrected chi connectivity index (χ1v) is 8.12. The second kappa shape index (κ2) is 7.51. The summed E-state index contributed by atoms with van der Waals surface area (Å²) in [5, 5.41) is 0. The fraction of sp³-hybridized carbons (Fsp3) is 0.500. The van der Waals surface area contributed by atoms with Crippen molar-refractivity contribution in [1.82, 2.24) is 4.90 Å². The van der Waals surface area contributed by atoms with Crippen molar-refractivity contribution in [3.05, 3.63) is 41.7 Å². The van der Waals surface area contributed by atoms with E-state index in [1.807, 2.05) is 18.2 Å². The van der Waals surface area contributed by atoms with Crippen LogP contribution in [0.25, 0.3) is 0 Å². The molecule has 23 heavy (non-hydrogen) atoms. The van der Waals surface area contributed by atoms with Crippen molar-refractivity contribution in [3.63, 3.8) is 0 Å². The smallest absolute Gasteiger partial charge is 0.493 e. The molecule has 0 fully saturated rings. The van der Waals surface area contributed by atoms with Crippen LogP contribution < -0.4 is 4.74 Å². The van der Waals surface area contributed by atoms with E-state index in [0.717, 1.165) is 44.7 Å². The first kappa shape index (κ1) is 15.9. The molecule has 0 N–H and O–H groups in total. The van der Waals surface area contributed by atoms with Crippen LogP contribution in [0.15, 0.2) is 36.1 Å². The lowest BCUT2D eigenvalue weighted by Gasteiger charge is -2.30. The molecular weight excluding hydrogens is 294 g/mol. The molecule has 0 spiro atoms. The van der Waals surface area contributed by atoms with Gasteiger partial charge in [0.1, 0.15) is 11.5 Å². The summed E-state index contributed by atoms with van der Waals surface area (Å²) in [7, 11) is 1.32. The van der Waals surface area contributed by atoms with Crippen molar-refractivity contribution < 1.29 is 19.0 Å². The third kappa shape index (κ3) is 4.26.